The Labute approximate surface area is 153 Å². The van der Waals surface area contributed by atoms with Crippen molar-refractivity contribution in [2.24, 2.45) is 0 Å². The third-order valence-corrected chi connectivity index (χ3v) is 3.88. The summed E-state index contributed by atoms with van der Waals surface area (Å²) in [5, 5.41) is 6.53. The molecule has 0 aromatic heterocycles. The third-order valence-electron chi connectivity index (χ3n) is 3.88. The van der Waals surface area contributed by atoms with E-state index in [-0.39, 0.29) is 12.1 Å². The molecule has 2 atom stereocenters. The van der Waals surface area contributed by atoms with Crippen LogP contribution in [0.15, 0.2) is 59.1 Å². The van der Waals surface area contributed by atoms with Crippen molar-refractivity contribution in [3.8, 4) is 0 Å². The quantitative estimate of drug-likeness (QED) is 0.480. The van der Waals surface area contributed by atoms with Crippen molar-refractivity contribution in [2.45, 2.75) is 25.9 Å². The van der Waals surface area contributed by atoms with Crippen LogP contribution in [0.1, 0.15) is 13.8 Å². The summed E-state index contributed by atoms with van der Waals surface area (Å²) < 4.78 is 10.8. The molecule has 138 valence electrons. The van der Waals surface area contributed by atoms with Crippen LogP contribution >= 0.6 is 0 Å². The van der Waals surface area contributed by atoms with Crippen LogP contribution in [-0.2, 0) is 19.1 Å². The molecule has 0 spiro atoms. The number of allylic oxidation sites excluding steroid dienone is 2. The third kappa shape index (κ3) is 5.45. The van der Waals surface area contributed by atoms with Crippen LogP contribution in [0.2, 0.25) is 0 Å². The molecule has 6 heteroatoms. The van der Waals surface area contributed by atoms with Gasteiger partial charge in [-0.15, -0.1) is 0 Å². The van der Waals surface area contributed by atoms with Crippen LogP contribution in [0.25, 0.3) is 0 Å². The molecule has 0 saturated carbocycles. The Balaban J connectivity index is 1.81. The number of hydrogen-bond donors (Lipinski definition) is 2. The zero-order valence-corrected chi connectivity index (χ0v) is 15.1. The maximum absolute atomic E-state index is 11.1. The minimum Gasteiger partial charge on any atom is -0.494 e. The lowest BCUT2D eigenvalue weighted by Gasteiger charge is -2.21. The lowest BCUT2D eigenvalue weighted by atomic mass is 10.0. The van der Waals surface area contributed by atoms with Crippen LogP contribution in [-0.4, -0.2) is 50.3 Å². The number of ether oxygens (including phenoxy) is 2. The predicted octanol–water partition coefficient (Wildman–Crippen LogP) is 1.40. The largest absolute Gasteiger partial charge is 0.494 e. The van der Waals surface area contributed by atoms with Crippen LogP contribution in [0.4, 0.5) is 0 Å². The van der Waals surface area contributed by atoms with E-state index in [9.17, 15) is 9.59 Å². The molecular formula is C20H24N2O4. The van der Waals surface area contributed by atoms with Gasteiger partial charge in [-0.05, 0) is 38.2 Å². The minimum atomic E-state index is -0.203. The van der Waals surface area contributed by atoms with Gasteiger partial charge in [0.2, 0.25) is 0 Å². The van der Waals surface area contributed by atoms with Gasteiger partial charge in [-0.3, -0.25) is 0 Å². The Morgan fingerprint density at radius 1 is 0.846 bits per heavy atom. The summed E-state index contributed by atoms with van der Waals surface area (Å²) in [5.74, 6) is 5.23. The number of hydrogen-bond acceptors (Lipinski definition) is 6. The Bertz CT molecular complexity index is 658. The summed E-state index contributed by atoms with van der Waals surface area (Å²) >= 11 is 0. The second kappa shape index (κ2) is 10.4. The fraction of sp³-hybridized carbons (Fsp3) is 0.400. The molecule has 2 rings (SSSR count). The smallest absolute Gasteiger partial charge is 0.130 e. The number of rotatable bonds is 9. The molecule has 2 N–H and O–H groups in total. The van der Waals surface area contributed by atoms with E-state index in [1.807, 2.05) is 50.0 Å². The van der Waals surface area contributed by atoms with Gasteiger partial charge in [-0.25, -0.2) is 9.59 Å². The summed E-state index contributed by atoms with van der Waals surface area (Å²) in [5.41, 5.74) is 1.01. The normalized spacial score (nSPS) is 21.6. The molecule has 0 fully saturated rings. The van der Waals surface area contributed by atoms with Crippen LogP contribution in [0.3, 0.4) is 0 Å². The highest BCUT2D eigenvalue weighted by Gasteiger charge is 2.17. The van der Waals surface area contributed by atoms with E-state index in [0.29, 0.717) is 49.0 Å². The van der Waals surface area contributed by atoms with Crippen molar-refractivity contribution in [1.82, 2.24) is 10.6 Å². The fourth-order valence-electron chi connectivity index (χ4n) is 2.68. The van der Waals surface area contributed by atoms with Gasteiger partial charge in [0.05, 0.1) is 36.4 Å². The van der Waals surface area contributed by atoms with Crippen molar-refractivity contribution in [2.75, 3.05) is 26.3 Å². The summed E-state index contributed by atoms with van der Waals surface area (Å²) in [6.45, 7) is 6.09. The van der Waals surface area contributed by atoms with Crippen molar-refractivity contribution in [3.05, 3.63) is 59.1 Å². The lowest BCUT2D eigenvalue weighted by Crippen LogP contribution is -2.39. The highest BCUT2D eigenvalue weighted by Crippen LogP contribution is 2.16. The molecule has 0 amide bonds. The number of carbonyl (C=O) groups excluding carboxylic acids is 2. The van der Waals surface area contributed by atoms with E-state index in [2.05, 4.69) is 10.6 Å². The van der Waals surface area contributed by atoms with Gasteiger partial charge in [0.1, 0.15) is 23.4 Å². The molecule has 2 aliphatic carbocycles. The lowest BCUT2D eigenvalue weighted by molar-refractivity contribution is 0.241. The van der Waals surface area contributed by atoms with E-state index in [4.69, 9.17) is 9.47 Å². The molecule has 2 unspecified atom stereocenters. The van der Waals surface area contributed by atoms with E-state index in [1.54, 1.807) is 12.2 Å². The van der Waals surface area contributed by atoms with Gasteiger partial charge < -0.3 is 20.1 Å². The molecule has 0 radical (unpaired) electrons. The summed E-state index contributed by atoms with van der Waals surface area (Å²) in [6, 6.07) is -0.406. The first-order valence-electron chi connectivity index (χ1n) is 8.74. The fourth-order valence-corrected chi connectivity index (χ4v) is 2.68. The average molecular weight is 356 g/mol. The SMILES string of the molecule is CCOC1=CC(=C=O)C(NCCNC2C=CC(OCC)=CC2=C=O)C=C1. The van der Waals surface area contributed by atoms with E-state index >= 15 is 0 Å². The zero-order chi connectivity index (χ0) is 18.8. The van der Waals surface area contributed by atoms with E-state index in [1.165, 1.54) is 0 Å². The topological polar surface area (TPSA) is 76.7 Å². The van der Waals surface area contributed by atoms with Gasteiger partial charge in [0.15, 0.2) is 0 Å². The van der Waals surface area contributed by atoms with E-state index < -0.39 is 0 Å². The highest BCUT2D eigenvalue weighted by molar-refractivity contribution is 5.63. The maximum atomic E-state index is 11.1. The molecule has 0 saturated heterocycles. The molecule has 0 aromatic rings. The molecular weight excluding hydrogens is 332 g/mol. The molecule has 2 aliphatic rings. The molecule has 0 heterocycles. The Hall–Kier alpha value is -2.62. The van der Waals surface area contributed by atoms with Gasteiger partial charge in [0, 0.05) is 13.1 Å². The molecule has 6 nitrogen and oxygen atoms in total. The molecule has 26 heavy (non-hydrogen) atoms. The first-order valence-corrected chi connectivity index (χ1v) is 8.74. The first-order chi connectivity index (χ1) is 12.7. The Morgan fingerprint density at radius 2 is 1.27 bits per heavy atom. The summed E-state index contributed by atoms with van der Waals surface area (Å²) in [7, 11) is 0. The molecule has 0 aromatic carbocycles. The standard InChI is InChI=1S/C20H24N2O4/c1-3-25-17-5-7-19(15(11-17)13-23)21-9-10-22-20-8-6-18(26-4-2)12-16(20)14-24/h5-8,11-12,19-22H,3-4,9-10H2,1-2H3. The van der Waals surface area contributed by atoms with Crippen molar-refractivity contribution in [1.29, 1.82) is 0 Å². The average Bonchev–Trinajstić information content (AvgIpc) is 2.67. The predicted molar refractivity (Wildman–Crippen MR) is 99.7 cm³/mol. The van der Waals surface area contributed by atoms with Crippen LogP contribution < -0.4 is 10.6 Å². The van der Waals surface area contributed by atoms with Crippen molar-refractivity contribution in [3.63, 3.8) is 0 Å². The van der Waals surface area contributed by atoms with E-state index in [0.717, 1.165) is 0 Å². The van der Waals surface area contributed by atoms with Gasteiger partial charge >= 0.3 is 0 Å². The summed E-state index contributed by atoms with van der Waals surface area (Å²) in [4.78, 5) is 22.3. The Morgan fingerprint density at radius 3 is 1.62 bits per heavy atom. The minimum absolute atomic E-state index is 0.203. The second-order valence-corrected chi connectivity index (χ2v) is 5.66. The first kappa shape index (κ1) is 19.7. The highest BCUT2D eigenvalue weighted by atomic mass is 16.5. The van der Waals surface area contributed by atoms with Crippen LogP contribution in [0.5, 0.6) is 0 Å². The monoisotopic (exact) mass is 356 g/mol. The van der Waals surface area contributed by atoms with Crippen molar-refractivity contribution < 1.29 is 19.1 Å². The Kier molecular flexibility index (Phi) is 7.87. The zero-order valence-electron chi connectivity index (χ0n) is 15.1. The van der Waals surface area contributed by atoms with Crippen LogP contribution in [0, 0.1) is 0 Å². The second-order valence-electron chi connectivity index (χ2n) is 5.66. The molecule has 0 bridgehead atoms. The van der Waals surface area contributed by atoms with Gasteiger partial charge in [-0.2, -0.15) is 0 Å². The number of nitrogens with one attached hydrogen (secondary N) is 2. The maximum Gasteiger partial charge on any atom is 0.130 e. The van der Waals surface area contributed by atoms with Gasteiger partial charge in [0.25, 0.3) is 0 Å². The van der Waals surface area contributed by atoms with Gasteiger partial charge in [-0.1, -0.05) is 12.2 Å². The summed E-state index contributed by atoms with van der Waals surface area (Å²) in [6.07, 6.45) is 10.8. The molecule has 0 aliphatic heterocycles. The van der Waals surface area contributed by atoms with Crippen molar-refractivity contribution >= 4 is 11.9 Å².